The Morgan fingerprint density at radius 1 is 1.32 bits per heavy atom. The molecule has 150 valence electrons. The molecule has 7 heteroatoms. The van der Waals surface area contributed by atoms with Crippen molar-refractivity contribution >= 4 is 28.9 Å². The summed E-state index contributed by atoms with van der Waals surface area (Å²) in [4.78, 5) is 22.3. The SMILES string of the molecule is CCNC(=NCCCN1C(=O)COc2ccccc21)N(C)CCc1cccs1. The normalized spacial score (nSPS) is 13.9. The number of guanidine groups is 1. The second kappa shape index (κ2) is 10.1. The van der Waals surface area contributed by atoms with Crippen molar-refractivity contribution in [2.75, 3.05) is 44.7 Å². The molecule has 0 spiro atoms. The lowest BCUT2D eigenvalue weighted by Crippen LogP contribution is -2.41. The number of likely N-dealkylation sites (N-methyl/N-ethyl adjacent to an activating group) is 1. The fourth-order valence-electron chi connectivity index (χ4n) is 3.12. The van der Waals surface area contributed by atoms with Gasteiger partial charge in [0.25, 0.3) is 5.91 Å². The number of amides is 1. The van der Waals surface area contributed by atoms with Crippen LogP contribution in [0.15, 0.2) is 46.8 Å². The molecular weight excluding hydrogens is 372 g/mol. The van der Waals surface area contributed by atoms with Crippen LogP contribution in [0.4, 0.5) is 5.69 Å². The van der Waals surface area contributed by atoms with Crippen LogP contribution in [0.3, 0.4) is 0 Å². The first kappa shape index (κ1) is 20.2. The number of benzene rings is 1. The molecule has 0 saturated carbocycles. The minimum absolute atomic E-state index is 0.00246. The van der Waals surface area contributed by atoms with E-state index in [1.165, 1.54) is 4.88 Å². The van der Waals surface area contributed by atoms with Gasteiger partial charge < -0.3 is 19.9 Å². The maximum absolute atomic E-state index is 12.2. The van der Waals surface area contributed by atoms with Gasteiger partial charge in [-0.25, -0.2) is 0 Å². The molecule has 3 rings (SSSR count). The van der Waals surface area contributed by atoms with Crippen LogP contribution < -0.4 is 15.0 Å². The minimum atomic E-state index is 0.00246. The van der Waals surface area contributed by atoms with E-state index >= 15 is 0 Å². The molecule has 6 nitrogen and oxygen atoms in total. The maximum atomic E-state index is 12.2. The highest BCUT2D eigenvalue weighted by Crippen LogP contribution is 2.31. The van der Waals surface area contributed by atoms with Crippen LogP contribution in [-0.2, 0) is 11.2 Å². The van der Waals surface area contributed by atoms with E-state index in [0.29, 0.717) is 13.1 Å². The fourth-order valence-corrected chi connectivity index (χ4v) is 3.82. The van der Waals surface area contributed by atoms with Gasteiger partial charge in [-0.1, -0.05) is 18.2 Å². The van der Waals surface area contributed by atoms with Gasteiger partial charge in [-0.3, -0.25) is 9.79 Å². The number of fused-ring (bicyclic) bond motifs is 1. The number of carbonyl (C=O) groups is 1. The summed E-state index contributed by atoms with van der Waals surface area (Å²) in [5, 5.41) is 5.46. The van der Waals surface area contributed by atoms with Crippen molar-refractivity contribution in [3.63, 3.8) is 0 Å². The second-order valence-corrected chi connectivity index (χ2v) is 7.67. The lowest BCUT2D eigenvalue weighted by Gasteiger charge is -2.29. The van der Waals surface area contributed by atoms with Crippen molar-refractivity contribution < 1.29 is 9.53 Å². The lowest BCUT2D eigenvalue weighted by atomic mass is 10.2. The number of nitrogens with zero attached hydrogens (tertiary/aromatic N) is 3. The van der Waals surface area contributed by atoms with Crippen LogP contribution in [0.2, 0.25) is 0 Å². The molecule has 1 amide bonds. The van der Waals surface area contributed by atoms with E-state index in [0.717, 1.165) is 43.3 Å². The molecular formula is C21H28N4O2S. The molecule has 0 bridgehead atoms. The monoisotopic (exact) mass is 400 g/mol. The molecule has 1 aromatic heterocycles. The van der Waals surface area contributed by atoms with Gasteiger partial charge in [0.05, 0.1) is 5.69 Å². The largest absolute Gasteiger partial charge is 0.482 e. The summed E-state index contributed by atoms with van der Waals surface area (Å²) in [7, 11) is 2.07. The predicted molar refractivity (Wildman–Crippen MR) is 116 cm³/mol. The van der Waals surface area contributed by atoms with Crippen LogP contribution in [0.1, 0.15) is 18.2 Å². The van der Waals surface area contributed by atoms with Crippen molar-refractivity contribution in [3.05, 3.63) is 46.7 Å². The summed E-state index contributed by atoms with van der Waals surface area (Å²) in [6.45, 7) is 5.24. The first-order valence-electron chi connectivity index (χ1n) is 9.73. The zero-order valence-electron chi connectivity index (χ0n) is 16.6. The smallest absolute Gasteiger partial charge is 0.265 e. The van der Waals surface area contributed by atoms with Crippen LogP contribution >= 0.6 is 11.3 Å². The van der Waals surface area contributed by atoms with Gasteiger partial charge in [0.1, 0.15) is 5.75 Å². The van der Waals surface area contributed by atoms with E-state index in [9.17, 15) is 4.79 Å². The highest BCUT2D eigenvalue weighted by atomic mass is 32.1. The summed E-state index contributed by atoms with van der Waals surface area (Å²) < 4.78 is 5.50. The van der Waals surface area contributed by atoms with Crippen molar-refractivity contribution in [2.45, 2.75) is 19.8 Å². The highest BCUT2D eigenvalue weighted by Gasteiger charge is 2.24. The highest BCUT2D eigenvalue weighted by molar-refractivity contribution is 7.09. The van der Waals surface area contributed by atoms with Gasteiger partial charge in [-0.05, 0) is 43.3 Å². The van der Waals surface area contributed by atoms with Crippen molar-refractivity contribution in [1.29, 1.82) is 0 Å². The summed E-state index contributed by atoms with van der Waals surface area (Å²) in [5.41, 5.74) is 0.850. The summed E-state index contributed by atoms with van der Waals surface area (Å²) in [5.74, 6) is 1.68. The number of ether oxygens (including phenoxy) is 1. The Balaban J connectivity index is 1.53. The first-order valence-corrected chi connectivity index (χ1v) is 10.6. The molecule has 0 fully saturated rings. The van der Waals surface area contributed by atoms with E-state index in [4.69, 9.17) is 9.73 Å². The third-order valence-corrected chi connectivity index (χ3v) is 5.52. The Labute approximate surface area is 170 Å². The summed E-state index contributed by atoms with van der Waals surface area (Å²) in [6, 6.07) is 11.9. The van der Waals surface area contributed by atoms with E-state index in [1.54, 1.807) is 11.3 Å². The van der Waals surface area contributed by atoms with Crippen LogP contribution in [0.5, 0.6) is 5.75 Å². The first-order chi connectivity index (χ1) is 13.7. The third-order valence-electron chi connectivity index (χ3n) is 4.58. The molecule has 2 aromatic rings. The molecule has 28 heavy (non-hydrogen) atoms. The number of thiophene rings is 1. The molecule has 1 aromatic carbocycles. The van der Waals surface area contributed by atoms with Crippen molar-refractivity contribution in [3.8, 4) is 5.75 Å². The molecule has 1 aliphatic rings. The second-order valence-electron chi connectivity index (χ2n) is 6.64. The van der Waals surface area contributed by atoms with Gasteiger partial charge in [0.2, 0.25) is 0 Å². The Hall–Kier alpha value is -2.54. The van der Waals surface area contributed by atoms with E-state index in [1.807, 2.05) is 29.2 Å². The number of hydrogen-bond acceptors (Lipinski definition) is 4. The Morgan fingerprint density at radius 2 is 2.18 bits per heavy atom. The summed E-state index contributed by atoms with van der Waals surface area (Å²) >= 11 is 1.79. The number of anilines is 1. The van der Waals surface area contributed by atoms with Gasteiger partial charge >= 0.3 is 0 Å². The molecule has 0 atom stereocenters. The number of hydrogen-bond donors (Lipinski definition) is 1. The number of carbonyl (C=O) groups excluding carboxylic acids is 1. The van der Waals surface area contributed by atoms with Crippen molar-refractivity contribution in [1.82, 2.24) is 10.2 Å². The number of aliphatic imine (C=N–C) groups is 1. The van der Waals surface area contributed by atoms with Gasteiger partial charge in [-0.15, -0.1) is 11.3 Å². The maximum Gasteiger partial charge on any atom is 0.265 e. The van der Waals surface area contributed by atoms with Crippen LogP contribution in [0.25, 0.3) is 0 Å². The number of para-hydroxylation sites is 2. The average Bonchev–Trinajstić information content (AvgIpc) is 3.23. The molecule has 1 aliphatic heterocycles. The molecule has 0 aliphatic carbocycles. The zero-order chi connectivity index (χ0) is 19.8. The molecule has 1 N–H and O–H groups in total. The molecule has 0 radical (unpaired) electrons. The van der Waals surface area contributed by atoms with Gasteiger partial charge in [0, 0.05) is 38.1 Å². The van der Waals surface area contributed by atoms with E-state index in [2.05, 4.69) is 41.7 Å². The number of nitrogens with one attached hydrogen (secondary N) is 1. The van der Waals surface area contributed by atoms with Gasteiger partial charge in [0.15, 0.2) is 12.6 Å². The van der Waals surface area contributed by atoms with Gasteiger partial charge in [-0.2, -0.15) is 0 Å². The molecule has 0 saturated heterocycles. The quantitative estimate of drug-likeness (QED) is 0.420. The molecule has 2 heterocycles. The summed E-state index contributed by atoms with van der Waals surface area (Å²) in [6.07, 6.45) is 1.81. The topological polar surface area (TPSA) is 57.2 Å². The van der Waals surface area contributed by atoms with E-state index < -0.39 is 0 Å². The van der Waals surface area contributed by atoms with E-state index in [-0.39, 0.29) is 12.5 Å². The molecule has 0 unspecified atom stereocenters. The standard InChI is InChI=1S/C21H28N4O2S/c1-3-22-21(24(2)14-11-17-8-6-15-28-17)23-12-7-13-25-18-9-4-5-10-19(18)27-16-20(25)26/h4-6,8-10,15H,3,7,11-14,16H2,1-2H3,(H,22,23). The Morgan fingerprint density at radius 3 is 2.96 bits per heavy atom. The van der Waals surface area contributed by atoms with Crippen molar-refractivity contribution in [2.24, 2.45) is 4.99 Å². The third kappa shape index (κ3) is 5.25. The lowest BCUT2D eigenvalue weighted by molar-refractivity contribution is -0.121. The fraction of sp³-hybridized carbons (Fsp3) is 0.429. The minimum Gasteiger partial charge on any atom is -0.482 e. The number of rotatable bonds is 8. The zero-order valence-corrected chi connectivity index (χ0v) is 17.4. The van der Waals surface area contributed by atoms with Crippen LogP contribution in [0, 0.1) is 0 Å². The Kier molecular flexibility index (Phi) is 7.31. The Bertz CT molecular complexity index is 791. The van der Waals surface area contributed by atoms with Crippen LogP contribution in [-0.4, -0.2) is 56.6 Å². The predicted octanol–water partition coefficient (Wildman–Crippen LogP) is 3.00. The average molecular weight is 401 g/mol.